The second-order valence-electron chi connectivity index (χ2n) is 4.87. The molecule has 2 rings (SSSR count). The lowest BCUT2D eigenvalue weighted by Gasteiger charge is -2.11. The summed E-state index contributed by atoms with van der Waals surface area (Å²) in [4.78, 5) is 23.9. The van der Waals surface area contributed by atoms with Crippen LogP contribution in [0.25, 0.3) is 0 Å². The molecule has 1 saturated heterocycles. The molecule has 0 aliphatic carbocycles. The van der Waals surface area contributed by atoms with Gasteiger partial charge in [-0.2, -0.15) is 5.10 Å². The number of amidine groups is 1. The number of nitrogens with zero attached hydrogens (tertiary/aromatic N) is 2. The molecule has 1 aliphatic heterocycles. The number of benzene rings is 1. The zero-order valence-corrected chi connectivity index (χ0v) is 13.5. The molecule has 0 aromatic heterocycles. The number of amides is 2. The molecular weight excluding hydrogens is 300 g/mol. The Balaban J connectivity index is 1.98. The van der Waals surface area contributed by atoms with Crippen molar-refractivity contribution in [2.45, 2.75) is 32.4 Å². The van der Waals surface area contributed by atoms with Gasteiger partial charge in [0, 0.05) is 18.3 Å². The molecule has 1 fully saturated rings. The van der Waals surface area contributed by atoms with Crippen LogP contribution in [0, 0.1) is 13.8 Å². The Labute approximate surface area is 133 Å². The smallest absolute Gasteiger partial charge is 0.240 e. The highest BCUT2D eigenvalue weighted by Crippen LogP contribution is 2.24. The average molecular weight is 318 g/mol. The van der Waals surface area contributed by atoms with Crippen molar-refractivity contribution in [1.29, 1.82) is 0 Å². The molecule has 1 aromatic rings. The SMILES string of the molecule is C/C=N\N=C1/NC(=O)[C@@H](CC(=O)Nc2cccc(C)c2C)S1. The van der Waals surface area contributed by atoms with Crippen molar-refractivity contribution in [3.05, 3.63) is 29.3 Å². The quantitative estimate of drug-likeness (QED) is 0.659. The van der Waals surface area contributed by atoms with Gasteiger partial charge in [-0.3, -0.25) is 9.59 Å². The van der Waals surface area contributed by atoms with Gasteiger partial charge in [0.15, 0.2) is 5.17 Å². The summed E-state index contributed by atoms with van der Waals surface area (Å²) >= 11 is 1.22. The average Bonchev–Trinajstić information content (AvgIpc) is 2.82. The highest BCUT2D eigenvalue weighted by atomic mass is 32.2. The number of nitrogens with one attached hydrogen (secondary N) is 2. The Kier molecular flexibility index (Phi) is 5.32. The predicted octanol–water partition coefficient (Wildman–Crippen LogP) is 2.23. The molecule has 0 radical (unpaired) electrons. The van der Waals surface area contributed by atoms with Gasteiger partial charge in [0.1, 0.15) is 5.25 Å². The predicted molar refractivity (Wildman–Crippen MR) is 90.3 cm³/mol. The topological polar surface area (TPSA) is 82.9 Å². The fourth-order valence-corrected chi connectivity index (χ4v) is 2.88. The maximum absolute atomic E-state index is 12.1. The van der Waals surface area contributed by atoms with Crippen molar-refractivity contribution in [3.8, 4) is 0 Å². The van der Waals surface area contributed by atoms with E-state index in [-0.39, 0.29) is 18.2 Å². The van der Waals surface area contributed by atoms with Gasteiger partial charge in [0.25, 0.3) is 0 Å². The minimum absolute atomic E-state index is 0.0960. The molecule has 116 valence electrons. The van der Waals surface area contributed by atoms with Crippen LogP contribution in [0.1, 0.15) is 24.5 Å². The molecule has 1 heterocycles. The molecule has 6 nitrogen and oxygen atoms in total. The molecule has 2 N–H and O–H groups in total. The van der Waals surface area contributed by atoms with Crippen molar-refractivity contribution in [3.63, 3.8) is 0 Å². The summed E-state index contributed by atoms with van der Waals surface area (Å²) in [5, 5.41) is 13.0. The van der Waals surface area contributed by atoms with Crippen LogP contribution in [0.15, 0.2) is 28.4 Å². The molecule has 0 spiro atoms. The number of thioether (sulfide) groups is 1. The van der Waals surface area contributed by atoms with Crippen LogP contribution < -0.4 is 10.6 Å². The molecule has 0 bridgehead atoms. The van der Waals surface area contributed by atoms with Gasteiger partial charge in [0.05, 0.1) is 0 Å². The molecule has 1 aromatic carbocycles. The van der Waals surface area contributed by atoms with Crippen LogP contribution in [-0.4, -0.2) is 28.4 Å². The maximum atomic E-state index is 12.1. The second-order valence-corrected chi connectivity index (χ2v) is 6.07. The number of aryl methyl sites for hydroxylation is 1. The van der Waals surface area contributed by atoms with E-state index in [4.69, 9.17) is 0 Å². The Morgan fingerprint density at radius 1 is 1.45 bits per heavy atom. The molecular formula is C15H18N4O2S. The first-order valence-electron chi connectivity index (χ1n) is 6.90. The van der Waals surface area contributed by atoms with Gasteiger partial charge in [-0.15, -0.1) is 5.10 Å². The summed E-state index contributed by atoms with van der Waals surface area (Å²) in [6.07, 6.45) is 1.62. The third-order valence-electron chi connectivity index (χ3n) is 3.29. The van der Waals surface area contributed by atoms with Gasteiger partial charge in [-0.1, -0.05) is 23.9 Å². The zero-order chi connectivity index (χ0) is 16.1. The fraction of sp³-hybridized carbons (Fsp3) is 0.333. The monoisotopic (exact) mass is 318 g/mol. The van der Waals surface area contributed by atoms with Gasteiger partial charge >= 0.3 is 0 Å². The maximum Gasteiger partial charge on any atom is 0.240 e. The van der Waals surface area contributed by atoms with E-state index < -0.39 is 5.25 Å². The summed E-state index contributed by atoms with van der Waals surface area (Å²) in [6, 6.07) is 5.73. The van der Waals surface area contributed by atoms with Crippen LogP contribution in [0.4, 0.5) is 5.69 Å². The number of rotatable bonds is 4. The molecule has 1 atom stereocenters. The first kappa shape index (κ1) is 16.2. The molecule has 0 saturated carbocycles. The second kappa shape index (κ2) is 7.22. The first-order chi connectivity index (χ1) is 10.5. The minimum atomic E-state index is -0.476. The van der Waals surface area contributed by atoms with E-state index in [0.29, 0.717) is 5.17 Å². The lowest BCUT2D eigenvalue weighted by molar-refractivity contribution is -0.122. The number of carbonyl (C=O) groups is 2. The van der Waals surface area contributed by atoms with Crippen molar-refractivity contribution in [1.82, 2.24) is 5.32 Å². The standard InChI is InChI=1S/C15H18N4O2S/c1-4-16-19-15-18-14(21)12(22-15)8-13(20)17-11-7-5-6-9(2)10(11)3/h4-7,12H,8H2,1-3H3,(H,17,20)(H,18,19,21)/b16-4-/t12-/m1/s1. The van der Waals surface area contributed by atoms with Gasteiger partial charge in [0.2, 0.25) is 11.8 Å². The Morgan fingerprint density at radius 2 is 2.23 bits per heavy atom. The summed E-state index contributed by atoms with van der Waals surface area (Å²) in [6.45, 7) is 5.68. The number of anilines is 1. The van der Waals surface area contributed by atoms with E-state index in [2.05, 4.69) is 20.8 Å². The summed E-state index contributed by atoms with van der Waals surface area (Å²) in [7, 11) is 0. The Bertz CT molecular complexity index is 655. The van der Waals surface area contributed by atoms with Crippen LogP contribution in [0.2, 0.25) is 0 Å². The number of hydrogen-bond acceptors (Lipinski definition) is 5. The lowest BCUT2D eigenvalue weighted by atomic mass is 10.1. The van der Waals surface area contributed by atoms with E-state index >= 15 is 0 Å². The van der Waals surface area contributed by atoms with Crippen LogP contribution in [0.3, 0.4) is 0 Å². The third-order valence-corrected chi connectivity index (χ3v) is 4.36. The van der Waals surface area contributed by atoms with E-state index in [0.717, 1.165) is 16.8 Å². The van der Waals surface area contributed by atoms with E-state index in [1.165, 1.54) is 18.0 Å². The van der Waals surface area contributed by atoms with Gasteiger partial charge < -0.3 is 10.6 Å². The molecule has 22 heavy (non-hydrogen) atoms. The molecule has 7 heteroatoms. The summed E-state index contributed by atoms with van der Waals surface area (Å²) < 4.78 is 0. The molecule has 1 aliphatic rings. The first-order valence-corrected chi connectivity index (χ1v) is 7.78. The number of carbonyl (C=O) groups excluding carboxylic acids is 2. The van der Waals surface area contributed by atoms with Crippen molar-refractivity contribution >= 4 is 40.6 Å². The largest absolute Gasteiger partial charge is 0.326 e. The minimum Gasteiger partial charge on any atom is -0.326 e. The van der Waals surface area contributed by atoms with Crippen molar-refractivity contribution < 1.29 is 9.59 Å². The summed E-state index contributed by atoms with van der Waals surface area (Å²) in [5.74, 6) is -0.409. The van der Waals surface area contributed by atoms with E-state index in [9.17, 15) is 9.59 Å². The zero-order valence-electron chi connectivity index (χ0n) is 12.7. The van der Waals surface area contributed by atoms with E-state index in [1.54, 1.807) is 6.92 Å². The van der Waals surface area contributed by atoms with E-state index in [1.807, 2.05) is 32.0 Å². The van der Waals surface area contributed by atoms with Crippen LogP contribution >= 0.6 is 11.8 Å². The Morgan fingerprint density at radius 3 is 2.95 bits per heavy atom. The van der Waals surface area contributed by atoms with Gasteiger partial charge in [-0.05, 0) is 38.0 Å². The van der Waals surface area contributed by atoms with Gasteiger partial charge in [-0.25, -0.2) is 0 Å². The fourth-order valence-electron chi connectivity index (χ4n) is 1.95. The number of hydrogen-bond donors (Lipinski definition) is 2. The third kappa shape index (κ3) is 3.94. The molecule has 2 amide bonds. The summed E-state index contributed by atoms with van der Waals surface area (Å²) in [5.41, 5.74) is 2.91. The Hall–Kier alpha value is -2.15. The molecule has 0 unspecified atom stereocenters. The normalized spacial score (nSPS) is 19.7. The van der Waals surface area contributed by atoms with Crippen LogP contribution in [0.5, 0.6) is 0 Å². The highest BCUT2D eigenvalue weighted by molar-refractivity contribution is 8.15. The van der Waals surface area contributed by atoms with Crippen molar-refractivity contribution in [2.75, 3.05) is 5.32 Å². The van der Waals surface area contributed by atoms with Crippen molar-refractivity contribution in [2.24, 2.45) is 10.2 Å². The lowest BCUT2D eigenvalue weighted by Crippen LogP contribution is -2.28. The van der Waals surface area contributed by atoms with Crippen LogP contribution in [-0.2, 0) is 9.59 Å². The highest BCUT2D eigenvalue weighted by Gasteiger charge is 2.32.